The molecule has 0 unspecified atom stereocenters. The predicted molar refractivity (Wildman–Crippen MR) is 115 cm³/mol. The fraction of sp³-hybridized carbons (Fsp3) is 0.286. The van der Waals surface area contributed by atoms with Crippen LogP contribution in [-0.2, 0) is 20.0 Å². The maximum Gasteiger partial charge on any atom is 0.275 e. The summed E-state index contributed by atoms with van der Waals surface area (Å²) >= 11 is 1.43. The second kappa shape index (κ2) is 7.83. The zero-order valence-electron chi connectivity index (χ0n) is 16.6. The fourth-order valence-corrected chi connectivity index (χ4v) is 4.45. The molecular formula is C21H21N7OS. The Hall–Kier alpha value is -3.33. The highest BCUT2D eigenvalue weighted by Crippen LogP contribution is 2.26. The quantitative estimate of drug-likeness (QED) is 0.544. The second-order valence-electron chi connectivity index (χ2n) is 7.38. The average molecular weight is 420 g/mol. The Morgan fingerprint density at radius 3 is 2.97 bits per heavy atom. The molecule has 0 aliphatic carbocycles. The maximum absolute atomic E-state index is 12.7. The molecule has 5 rings (SSSR count). The van der Waals surface area contributed by atoms with Crippen LogP contribution < -0.4 is 5.32 Å². The molecule has 8 nitrogen and oxygen atoms in total. The van der Waals surface area contributed by atoms with Gasteiger partial charge in [0, 0.05) is 48.4 Å². The third-order valence-electron chi connectivity index (χ3n) is 5.18. The number of carbonyl (C=O) groups excluding carboxylic acids is 1. The van der Waals surface area contributed by atoms with Crippen molar-refractivity contribution >= 4 is 22.9 Å². The van der Waals surface area contributed by atoms with Crippen molar-refractivity contribution in [2.45, 2.75) is 32.2 Å². The molecule has 4 aromatic rings. The van der Waals surface area contributed by atoms with Crippen molar-refractivity contribution in [3.63, 3.8) is 0 Å². The van der Waals surface area contributed by atoms with Crippen molar-refractivity contribution < 1.29 is 4.79 Å². The number of benzene rings is 1. The standard InChI is InChI=1S/C21H21N7OS/c1-27-12-15(11-22-27)21-24-17(13-30-21)20(29)23-16-7-5-6-14(10-16)19-26-25-18-8-3-2-4-9-28(18)19/h5-7,10-13H,2-4,8-9H2,1H3,(H,23,29). The Morgan fingerprint density at radius 1 is 1.17 bits per heavy atom. The van der Waals surface area contributed by atoms with Gasteiger partial charge < -0.3 is 9.88 Å². The lowest BCUT2D eigenvalue weighted by atomic mass is 10.2. The Morgan fingerprint density at radius 2 is 2.10 bits per heavy atom. The molecule has 152 valence electrons. The second-order valence-corrected chi connectivity index (χ2v) is 8.24. The van der Waals surface area contributed by atoms with Crippen molar-refractivity contribution in [2.75, 3.05) is 5.32 Å². The van der Waals surface area contributed by atoms with Crippen LogP contribution >= 0.6 is 11.3 Å². The summed E-state index contributed by atoms with van der Waals surface area (Å²) in [6.07, 6.45) is 8.09. The summed E-state index contributed by atoms with van der Waals surface area (Å²) < 4.78 is 3.92. The van der Waals surface area contributed by atoms with Gasteiger partial charge in [-0.05, 0) is 25.0 Å². The van der Waals surface area contributed by atoms with E-state index in [9.17, 15) is 4.79 Å². The number of anilines is 1. The molecule has 0 fully saturated rings. The number of aromatic nitrogens is 6. The molecule has 1 N–H and O–H groups in total. The zero-order valence-corrected chi connectivity index (χ0v) is 17.4. The molecule has 0 saturated heterocycles. The molecule has 1 aliphatic heterocycles. The SMILES string of the molecule is Cn1cc(-c2nc(C(=O)Nc3cccc(-c4nnc5n4CCCCC5)c3)cs2)cn1. The lowest BCUT2D eigenvalue weighted by Gasteiger charge is -2.09. The molecule has 1 aromatic carbocycles. The molecule has 1 amide bonds. The number of hydrogen-bond donors (Lipinski definition) is 1. The molecule has 30 heavy (non-hydrogen) atoms. The summed E-state index contributed by atoms with van der Waals surface area (Å²) in [5.74, 6) is 1.66. The Balaban J connectivity index is 1.36. The van der Waals surface area contributed by atoms with Crippen LogP contribution in [0.25, 0.3) is 22.0 Å². The van der Waals surface area contributed by atoms with E-state index in [1.54, 1.807) is 16.3 Å². The first-order chi connectivity index (χ1) is 14.7. The van der Waals surface area contributed by atoms with Crippen LogP contribution in [0.2, 0.25) is 0 Å². The van der Waals surface area contributed by atoms with Crippen LogP contribution in [0.4, 0.5) is 5.69 Å². The van der Waals surface area contributed by atoms with Gasteiger partial charge in [-0.1, -0.05) is 18.6 Å². The van der Waals surface area contributed by atoms with Crippen molar-refractivity contribution in [3.8, 4) is 22.0 Å². The summed E-state index contributed by atoms with van der Waals surface area (Å²) in [7, 11) is 1.85. The van der Waals surface area contributed by atoms with Gasteiger partial charge in [0.1, 0.15) is 16.5 Å². The molecule has 1 aliphatic rings. The van der Waals surface area contributed by atoms with Crippen molar-refractivity contribution in [1.82, 2.24) is 29.5 Å². The van der Waals surface area contributed by atoms with E-state index in [1.807, 2.05) is 37.5 Å². The fourth-order valence-electron chi connectivity index (χ4n) is 3.67. The molecule has 3 aromatic heterocycles. The van der Waals surface area contributed by atoms with Crippen LogP contribution in [0.1, 0.15) is 35.6 Å². The number of nitrogens with zero attached hydrogens (tertiary/aromatic N) is 6. The molecule has 9 heteroatoms. The van der Waals surface area contributed by atoms with Crippen LogP contribution in [0.3, 0.4) is 0 Å². The minimum atomic E-state index is -0.237. The summed E-state index contributed by atoms with van der Waals surface area (Å²) in [5, 5.41) is 18.4. The third kappa shape index (κ3) is 3.63. The van der Waals surface area contributed by atoms with E-state index in [0.717, 1.165) is 53.6 Å². The number of fused-ring (bicyclic) bond motifs is 1. The normalized spacial score (nSPS) is 13.6. The summed E-state index contributed by atoms with van der Waals surface area (Å²) in [6, 6.07) is 7.73. The van der Waals surface area contributed by atoms with Gasteiger partial charge in [-0.3, -0.25) is 9.48 Å². The highest BCUT2D eigenvalue weighted by atomic mass is 32.1. The molecule has 4 heterocycles. The van der Waals surface area contributed by atoms with Crippen molar-refractivity contribution in [3.05, 3.63) is 53.6 Å². The molecule has 0 radical (unpaired) electrons. The minimum absolute atomic E-state index is 0.237. The largest absolute Gasteiger partial charge is 0.321 e. The number of amides is 1. The van der Waals surface area contributed by atoms with Crippen molar-refractivity contribution in [2.24, 2.45) is 7.05 Å². The number of nitrogens with one attached hydrogen (secondary N) is 1. The van der Waals surface area contributed by atoms with Crippen LogP contribution in [0.15, 0.2) is 42.0 Å². The average Bonchev–Trinajstić information content (AvgIpc) is 3.45. The first kappa shape index (κ1) is 18.7. The topological polar surface area (TPSA) is 90.5 Å². The summed E-state index contributed by atoms with van der Waals surface area (Å²) in [4.78, 5) is 17.2. The van der Waals surface area contributed by atoms with Crippen LogP contribution in [0.5, 0.6) is 0 Å². The number of hydrogen-bond acceptors (Lipinski definition) is 6. The van der Waals surface area contributed by atoms with Gasteiger partial charge in [0.15, 0.2) is 5.82 Å². The number of rotatable bonds is 4. The van der Waals surface area contributed by atoms with Gasteiger partial charge >= 0.3 is 0 Å². The van der Waals surface area contributed by atoms with E-state index in [0.29, 0.717) is 11.4 Å². The summed E-state index contributed by atoms with van der Waals surface area (Å²) in [5.41, 5.74) is 2.94. The minimum Gasteiger partial charge on any atom is -0.321 e. The molecule has 0 atom stereocenters. The highest BCUT2D eigenvalue weighted by Gasteiger charge is 2.17. The summed E-state index contributed by atoms with van der Waals surface area (Å²) in [6.45, 7) is 0.935. The molecule has 0 bridgehead atoms. The molecular weight excluding hydrogens is 398 g/mol. The first-order valence-electron chi connectivity index (χ1n) is 9.96. The zero-order chi connectivity index (χ0) is 20.5. The predicted octanol–water partition coefficient (Wildman–Crippen LogP) is 3.78. The van der Waals surface area contributed by atoms with E-state index < -0.39 is 0 Å². The van der Waals surface area contributed by atoms with E-state index in [1.165, 1.54) is 17.8 Å². The molecule has 0 saturated carbocycles. The smallest absolute Gasteiger partial charge is 0.275 e. The highest BCUT2D eigenvalue weighted by molar-refractivity contribution is 7.13. The van der Waals surface area contributed by atoms with Gasteiger partial charge in [0.2, 0.25) is 0 Å². The lowest BCUT2D eigenvalue weighted by molar-refractivity contribution is 0.102. The van der Waals surface area contributed by atoms with Gasteiger partial charge in [0.25, 0.3) is 5.91 Å². The van der Waals surface area contributed by atoms with E-state index in [4.69, 9.17) is 0 Å². The van der Waals surface area contributed by atoms with E-state index >= 15 is 0 Å². The van der Waals surface area contributed by atoms with Gasteiger partial charge in [-0.2, -0.15) is 5.10 Å². The third-order valence-corrected chi connectivity index (χ3v) is 6.07. The van der Waals surface area contributed by atoms with Gasteiger partial charge in [-0.15, -0.1) is 21.5 Å². The van der Waals surface area contributed by atoms with Crippen LogP contribution in [0, 0.1) is 0 Å². The number of aryl methyl sites for hydroxylation is 2. The first-order valence-corrected chi connectivity index (χ1v) is 10.8. The lowest BCUT2D eigenvalue weighted by Crippen LogP contribution is -2.12. The number of thiazole rings is 1. The van der Waals surface area contributed by atoms with E-state index in [-0.39, 0.29) is 5.91 Å². The monoisotopic (exact) mass is 419 g/mol. The Labute approximate surface area is 177 Å². The molecule has 0 spiro atoms. The van der Waals surface area contributed by atoms with E-state index in [2.05, 4.69) is 30.2 Å². The number of carbonyl (C=O) groups is 1. The van der Waals surface area contributed by atoms with Gasteiger partial charge in [-0.25, -0.2) is 4.98 Å². The van der Waals surface area contributed by atoms with Gasteiger partial charge in [0.05, 0.1) is 6.20 Å². The Kier molecular flexibility index (Phi) is 4.88. The van der Waals surface area contributed by atoms with Crippen molar-refractivity contribution in [1.29, 1.82) is 0 Å². The van der Waals surface area contributed by atoms with Crippen LogP contribution in [-0.4, -0.2) is 35.4 Å². The maximum atomic E-state index is 12.7. The Bertz CT molecular complexity index is 1210.